The van der Waals surface area contributed by atoms with E-state index in [2.05, 4.69) is 5.32 Å². The summed E-state index contributed by atoms with van der Waals surface area (Å²) in [6, 6.07) is 5.45. The number of hydrogen-bond donors (Lipinski definition) is 2. The van der Waals surface area contributed by atoms with Crippen molar-refractivity contribution < 1.29 is 14.4 Å². The molecule has 3 rings (SSSR count). The topological polar surface area (TPSA) is 92.5 Å². The number of nitrogens with zero attached hydrogens (tertiary/aromatic N) is 1. The van der Waals surface area contributed by atoms with Crippen molar-refractivity contribution in [1.29, 1.82) is 0 Å². The van der Waals surface area contributed by atoms with Crippen molar-refractivity contribution in [2.24, 2.45) is 5.73 Å². The van der Waals surface area contributed by atoms with E-state index in [1.165, 1.54) is 0 Å². The summed E-state index contributed by atoms with van der Waals surface area (Å²) >= 11 is 0. The molecule has 0 aromatic heterocycles. The molecule has 2 aliphatic heterocycles. The number of carbonyl (C=O) groups is 3. The van der Waals surface area contributed by atoms with Crippen molar-refractivity contribution in [3.63, 3.8) is 0 Å². The summed E-state index contributed by atoms with van der Waals surface area (Å²) in [5.41, 5.74) is 7.92. The maximum absolute atomic E-state index is 12.3. The zero-order valence-corrected chi connectivity index (χ0v) is 11.6. The van der Waals surface area contributed by atoms with Gasteiger partial charge < -0.3 is 10.6 Å². The summed E-state index contributed by atoms with van der Waals surface area (Å²) in [5, 5.41) is 2.37. The Morgan fingerprint density at radius 1 is 1.29 bits per heavy atom. The quantitative estimate of drug-likeness (QED) is 0.772. The van der Waals surface area contributed by atoms with E-state index >= 15 is 0 Å². The first kappa shape index (κ1) is 13.8. The molecule has 0 aliphatic carbocycles. The molecule has 21 heavy (non-hydrogen) atoms. The average molecular weight is 287 g/mol. The molecule has 0 spiro atoms. The first-order valence-corrected chi connectivity index (χ1v) is 7.06. The molecular formula is C15H17N3O3. The number of rotatable bonds is 3. The number of nitrogens with two attached hydrogens (primary N) is 1. The molecule has 6 nitrogen and oxygen atoms in total. The highest BCUT2D eigenvalue weighted by molar-refractivity contribution is 6.03. The van der Waals surface area contributed by atoms with Crippen LogP contribution in [0.2, 0.25) is 0 Å². The third kappa shape index (κ3) is 2.31. The van der Waals surface area contributed by atoms with Gasteiger partial charge in [0.25, 0.3) is 5.91 Å². The van der Waals surface area contributed by atoms with E-state index in [1.807, 2.05) is 6.07 Å². The van der Waals surface area contributed by atoms with E-state index in [0.717, 1.165) is 11.1 Å². The third-order valence-corrected chi connectivity index (χ3v) is 4.09. The minimum absolute atomic E-state index is 0.0374. The normalized spacial score (nSPS) is 21.5. The minimum atomic E-state index is -0.358. The van der Waals surface area contributed by atoms with Gasteiger partial charge in [0.1, 0.15) is 0 Å². The molecule has 0 saturated carbocycles. The molecular weight excluding hydrogens is 270 g/mol. The molecule has 3 N–H and O–H groups in total. The smallest absolute Gasteiger partial charge is 0.254 e. The van der Waals surface area contributed by atoms with Crippen LogP contribution in [0.5, 0.6) is 0 Å². The van der Waals surface area contributed by atoms with Gasteiger partial charge >= 0.3 is 0 Å². The van der Waals surface area contributed by atoms with E-state index in [9.17, 15) is 14.4 Å². The van der Waals surface area contributed by atoms with Gasteiger partial charge in [-0.1, -0.05) is 12.1 Å². The number of piperidine rings is 1. The Morgan fingerprint density at radius 2 is 2.10 bits per heavy atom. The fraction of sp³-hybridized carbons (Fsp3) is 0.400. The van der Waals surface area contributed by atoms with Gasteiger partial charge in [-0.2, -0.15) is 0 Å². The molecule has 2 heterocycles. The van der Waals surface area contributed by atoms with Gasteiger partial charge in [-0.15, -0.1) is 0 Å². The molecule has 1 atom stereocenters. The first-order chi connectivity index (χ1) is 10.1. The van der Waals surface area contributed by atoms with E-state index in [0.29, 0.717) is 38.0 Å². The number of hydrogen-bond acceptors (Lipinski definition) is 4. The SMILES string of the molecule is NCCN1Cc2c(cccc2C2CCC(=O)NC2=O)C1=O. The highest BCUT2D eigenvalue weighted by Crippen LogP contribution is 2.33. The standard InChI is InChI=1S/C15H17N3O3/c16-6-7-18-8-12-9(2-1-3-11(12)15(18)21)10-4-5-13(19)17-14(10)20/h1-3,10H,4-8,16H2,(H,17,19,20). The maximum Gasteiger partial charge on any atom is 0.254 e. The van der Waals surface area contributed by atoms with Crippen LogP contribution in [-0.4, -0.2) is 35.7 Å². The van der Waals surface area contributed by atoms with E-state index in [1.54, 1.807) is 17.0 Å². The summed E-state index contributed by atoms with van der Waals surface area (Å²) in [6.45, 7) is 1.40. The zero-order chi connectivity index (χ0) is 15.0. The molecule has 1 aromatic rings. The second kappa shape index (κ2) is 5.29. The Labute approximate surface area is 122 Å². The van der Waals surface area contributed by atoms with Gasteiger partial charge in [-0.25, -0.2) is 0 Å². The van der Waals surface area contributed by atoms with Gasteiger partial charge in [-0.05, 0) is 23.6 Å². The van der Waals surface area contributed by atoms with Gasteiger partial charge in [0.05, 0.1) is 5.92 Å². The number of fused-ring (bicyclic) bond motifs is 1. The predicted molar refractivity (Wildman–Crippen MR) is 75.4 cm³/mol. The average Bonchev–Trinajstić information content (AvgIpc) is 2.77. The van der Waals surface area contributed by atoms with E-state index in [-0.39, 0.29) is 23.6 Å². The molecule has 110 valence electrons. The molecule has 3 amide bonds. The van der Waals surface area contributed by atoms with Gasteiger partial charge in [0, 0.05) is 31.6 Å². The minimum Gasteiger partial charge on any atom is -0.333 e. The highest BCUT2D eigenvalue weighted by atomic mass is 16.2. The highest BCUT2D eigenvalue weighted by Gasteiger charge is 2.34. The van der Waals surface area contributed by atoms with Crippen molar-refractivity contribution >= 4 is 17.7 Å². The fourth-order valence-electron chi connectivity index (χ4n) is 3.07. The number of nitrogens with one attached hydrogen (secondary N) is 1. The van der Waals surface area contributed by atoms with Crippen LogP contribution in [0.15, 0.2) is 18.2 Å². The number of benzene rings is 1. The van der Waals surface area contributed by atoms with Crippen LogP contribution in [-0.2, 0) is 16.1 Å². The lowest BCUT2D eigenvalue weighted by Crippen LogP contribution is -2.39. The second-order valence-electron chi connectivity index (χ2n) is 5.39. The maximum atomic E-state index is 12.3. The van der Waals surface area contributed by atoms with Crippen LogP contribution in [0.25, 0.3) is 0 Å². The molecule has 1 aromatic carbocycles. The Kier molecular flexibility index (Phi) is 3.47. The summed E-state index contributed by atoms with van der Waals surface area (Å²) in [6.07, 6.45) is 0.826. The second-order valence-corrected chi connectivity index (χ2v) is 5.39. The summed E-state index contributed by atoms with van der Waals surface area (Å²) < 4.78 is 0. The number of amides is 3. The Bertz CT molecular complexity index is 627. The number of carbonyl (C=O) groups excluding carboxylic acids is 3. The lowest BCUT2D eigenvalue weighted by Gasteiger charge is -2.23. The molecule has 1 fully saturated rings. The van der Waals surface area contributed by atoms with Gasteiger partial charge in [0.15, 0.2) is 0 Å². The fourth-order valence-corrected chi connectivity index (χ4v) is 3.07. The summed E-state index contributed by atoms with van der Waals surface area (Å²) in [5.74, 6) is -0.901. The van der Waals surface area contributed by atoms with Gasteiger partial charge in [0.2, 0.25) is 11.8 Å². The van der Waals surface area contributed by atoms with Crippen LogP contribution in [0, 0.1) is 0 Å². The third-order valence-electron chi connectivity index (χ3n) is 4.09. The monoisotopic (exact) mass is 287 g/mol. The van der Waals surface area contributed by atoms with Crippen molar-refractivity contribution in [2.45, 2.75) is 25.3 Å². The van der Waals surface area contributed by atoms with Gasteiger partial charge in [-0.3, -0.25) is 19.7 Å². The van der Waals surface area contributed by atoms with Crippen molar-refractivity contribution in [1.82, 2.24) is 10.2 Å². The summed E-state index contributed by atoms with van der Waals surface area (Å²) in [4.78, 5) is 37.3. The zero-order valence-electron chi connectivity index (χ0n) is 11.6. The Morgan fingerprint density at radius 3 is 2.81 bits per heavy atom. The Balaban J connectivity index is 1.95. The van der Waals surface area contributed by atoms with Crippen LogP contribution < -0.4 is 11.1 Å². The Hall–Kier alpha value is -2.21. The summed E-state index contributed by atoms with van der Waals surface area (Å²) in [7, 11) is 0. The molecule has 1 saturated heterocycles. The number of imide groups is 1. The van der Waals surface area contributed by atoms with Crippen molar-refractivity contribution in [2.75, 3.05) is 13.1 Å². The van der Waals surface area contributed by atoms with Crippen LogP contribution in [0.1, 0.15) is 40.2 Å². The van der Waals surface area contributed by atoms with Crippen LogP contribution in [0.4, 0.5) is 0 Å². The lowest BCUT2D eigenvalue weighted by molar-refractivity contribution is -0.134. The molecule has 6 heteroatoms. The van der Waals surface area contributed by atoms with E-state index < -0.39 is 0 Å². The molecule has 2 aliphatic rings. The van der Waals surface area contributed by atoms with Crippen LogP contribution >= 0.6 is 0 Å². The first-order valence-electron chi connectivity index (χ1n) is 7.06. The van der Waals surface area contributed by atoms with Crippen LogP contribution in [0.3, 0.4) is 0 Å². The molecule has 0 bridgehead atoms. The lowest BCUT2D eigenvalue weighted by atomic mass is 9.86. The van der Waals surface area contributed by atoms with Crippen molar-refractivity contribution in [3.8, 4) is 0 Å². The predicted octanol–water partition coefficient (Wildman–Crippen LogP) is 0.121. The van der Waals surface area contributed by atoms with E-state index in [4.69, 9.17) is 5.73 Å². The molecule has 1 unspecified atom stereocenters. The largest absolute Gasteiger partial charge is 0.333 e. The van der Waals surface area contributed by atoms with Crippen molar-refractivity contribution in [3.05, 3.63) is 34.9 Å². The molecule has 0 radical (unpaired) electrons.